The lowest BCUT2D eigenvalue weighted by atomic mass is 9.86. The van der Waals surface area contributed by atoms with Gasteiger partial charge in [0.1, 0.15) is 5.75 Å². The first-order chi connectivity index (χ1) is 17.3. The summed E-state index contributed by atoms with van der Waals surface area (Å²) in [5, 5.41) is 13.5. The van der Waals surface area contributed by atoms with Crippen molar-refractivity contribution >= 4 is 45.6 Å². The molecule has 0 saturated heterocycles. The Kier molecular flexibility index (Phi) is 7.28. The molecular formula is C31H27ClN2O2. The maximum Gasteiger partial charge on any atom is 0.204 e. The molecule has 3 N–H and O–H groups in total. The molecule has 1 heterocycles. The molecule has 1 aliphatic rings. The number of carbonyl (C=O) groups excluding carboxylic acids is 1. The number of aryl methyl sites for hydroxylation is 1. The van der Waals surface area contributed by atoms with E-state index < -0.39 is 0 Å². The van der Waals surface area contributed by atoms with E-state index in [4.69, 9.17) is 16.4 Å². The number of phenols is 1. The van der Waals surface area contributed by atoms with E-state index >= 15 is 0 Å². The maximum atomic E-state index is 10.4. The van der Waals surface area contributed by atoms with Crippen molar-refractivity contribution in [2.75, 3.05) is 4.90 Å². The lowest BCUT2D eigenvalue weighted by Gasteiger charge is -2.32. The number of benzene rings is 4. The van der Waals surface area contributed by atoms with Crippen LogP contribution in [0, 0.1) is 6.92 Å². The summed E-state index contributed by atoms with van der Waals surface area (Å²) in [5.74, 6) is 0.263. The van der Waals surface area contributed by atoms with Gasteiger partial charge in [-0.2, -0.15) is 0 Å². The second-order valence-corrected chi connectivity index (χ2v) is 9.04. The number of fused-ring (bicyclic) bond motifs is 2. The van der Waals surface area contributed by atoms with Crippen LogP contribution in [-0.2, 0) is 11.3 Å². The topological polar surface area (TPSA) is 66.6 Å². The molecule has 0 fully saturated rings. The summed E-state index contributed by atoms with van der Waals surface area (Å²) in [6.07, 6.45) is 2.37. The maximum absolute atomic E-state index is 10.4. The van der Waals surface area contributed by atoms with Crippen LogP contribution < -0.4 is 10.6 Å². The first kappa shape index (κ1) is 24.8. The smallest absolute Gasteiger partial charge is 0.204 e. The molecule has 0 unspecified atom stereocenters. The van der Waals surface area contributed by atoms with Crippen LogP contribution in [0.15, 0.2) is 104 Å². The van der Waals surface area contributed by atoms with Gasteiger partial charge in [-0.1, -0.05) is 73.3 Å². The molecule has 0 radical (unpaired) electrons. The van der Waals surface area contributed by atoms with Crippen molar-refractivity contribution in [3.63, 3.8) is 0 Å². The summed E-state index contributed by atoms with van der Waals surface area (Å²) >= 11 is 6.09. The SMILES string of the molecule is C=C(C1=CN(Cc2ccc(Cl)cc2)c2cc(C)c(O)cc2C1=C)c1ccc2ccccc2c1.NC=O. The molecule has 5 rings (SSSR count). The van der Waals surface area contributed by atoms with Gasteiger partial charge in [-0.25, -0.2) is 0 Å². The minimum atomic E-state index is 0.250. The van der Waals surface area contributed by atoms with E-state index in [1.165, 1.54) is 10.8 Å². The van der Waals surface area contributed by atoms with Crippen molar-refractivity contribution in [2.45, 2.75) is 13.5 Å². The molecule has 36 heavy (non-hydrogen) atoms. The number of hydrogen-bond donors (Lipinski definition) is 2. The molecule has 0 spiro atoms. The first-order valence-electron chi connectivity index (χ1n) is 11.4. The third-order valence-corrected chi connectivity index (χ3v) is 6.50. The number of nitrogens with zero attached hydrogens (tertiary/aromatic N) is 1. The quantitative estimate of drug-likeness (QED) is 0.294. The van der Waals surface area contributed by atoms with Gasteiger partial charge >= 0.3 is 0 Å². The minimum Gasteiger partial charge on any atom is -0.508 e. The fraction of sp³-hybridized carbons (Fsp3) is 0.0645. The van der Waals surface area contributed by atoms with Crippen LogP contribution in [0.25, 0.3) is 21.9 Å². The van der Waals surface area contributed by atoms with Crippen LogP contribution in [0.3, 0.4) is 0 Å². The highest BCUT2D eigenvalue weighted by Crippen LogP contribution is 2.44. The predicted octanol–water partition coefficient (Wildman–Crippen LogP) is 7.24. The summed E-state index contributed by atoms with van der Waals surface area (Å²) in [6, 6.07) is 26.4. The molecule has 0 bridgehead atoms. The van der Waals surface area contributed by atoms with Crippen molar-refractivity contribution in [3.8, 4) is 5.75 Å². The van der Waals surface area contributed by atoms with E-state index in [1.54, 1.807) is 0 Å². The molecule has 4 aromatic rings. The van der Waals surface area contributed by atoms with Crippen LogP contribution in [-0.4, -0.2) is 11.5 Å². The lowest BCUT2D eigenvalue weighted by Crippen LogP contribution is -2.22. The first-order valence-corrected chi connectivity index (χ1v) is 11.8. The number of primary amides is 1. The van der Waals surface area contributed by atoms with Gasteiger partial charge in [0.2, 0.25) is 6.41 Å². The largest absolute Gasteiger partial charge is 0.508 e. The summed E-state index contributed by atoms with van der Waals surface area (Å²) in [4.78, 5) is 10.8. The van der Waals surface area contributed by atoms with Crippen LogP contribution in [0.1, 0.15) is 22.3 Å². The fourth-order valence-electron chi connectivity index (χ4n) is 4.32. The van der Waals surface area contributed by atoms with Gasteiger partial charge in [0.25, 0.3) is 0 Å². The Morgan fingerprint density at radius 2 is 1.69 bits per heavy atom. The number of phenolic OH excluding ortho intramolecular Hbond substituents is 1. The molecule has 4 aromatic carbocycles. The Hall–Kier alpha value is -4.28. The second kappa shape index (κ2) is 10.5. The Morgan fingerprint density at radius 3 is 2.39 bits per heavy atom. The molecule has 180 valence electrons. The van der Waals surface area contributed by atoms with E-state index in [2.05, 4.69) is 60.3 Å². The van der Waals surface area contributed by atoms with Crippen LogP contribution in [0.5, 0.6) is 5.75 Å². The molecule has 0 aromatic heterocycles. The van der Waals surface area contributed by atoms with Gasteiger partial charge in [0.05, 0.1) is 0 Å². The van der Waals surface area contributed by atoms with E-state index in [0.717, 1.165) is 44.7 Å². The zero-order chi connectivity index (χ0) is 25.8. The number of amides is 1. The van der Waals surface area contributed by atoms with Crippen molar-refractivity contribution in [2.24, 2.45) is 5.73 Å². The molecule has 4 nitrogen and oxygen atoms in total. The third-order valence-electron chi connectivity index (χ3n) is 6.25. The third kappa shape index (κ3) is 5.04. The number of anilines is 1. The Labute approximate surface area is 216 Å². The van der Waals surface area contributed by atoms with Gasteiger partial charge < -0.3 is 15.7 Å². The van der Waals surface area contributed by atoms with Crippen LogP contribution in [0.2, 0.25) is 5.02 Å². The van der Waals surface area contributed by atoms with Crippen molar-refractivity contribution in [3.05, 3.63) is 131 Å². The average Bonchev–Trinajstić information content (AvgIpc) is 2.88. The van der Waals surface area contributed by atoms with Crippen molar-refractivity contribution < 1.29 is 9.90 Å². The van der Waals surface area contributed by atoms with E-state index in [1.807, 2.05) is 55.5 Å². The predicted molar refractivity (Wildman–Crippen MR) is 151 cm³/mol. The van der Waals surface area contributed by atoms with Gasteiger partial charge in [-0.15, -0.1) is 0 Å². The molecule has 1 amide bonds. The number of aromatic hydroxyl groups is 1. The number of allylic oxidation sites excluding steroid dienone is 3. The molecule has 0 saturated carbocycles. The summed E-state index contributed by atoms with van der Waals surface area (Å²) in [5.41, 5.74) is 11.8. The number of nitrogens with two attached hydrogens (primary N) is 1. The highest BCUT2D eigenvalue weighted by atomic mass is 35.5. The second-order valence-electron chi connectivity index (χ2n) is 8.61. The fourth-order valence-corrected chi connectivity index (χ4v) is 4.44. The molecular weight excluding hydrogens is 468 g/mol. The van der Waals surface area contributed by atoms with Gasteiger partial charge in [-0.3, -0.25) is 4.79 Å². The van der Waals surface area contributed by atoms with E-state index in [0.29, 0.717) is 11.6 Å². The zero-order valence-electron chi connectivity index (χ0n) is 20.0. The number of rotatable bonds is 4. The summed E-state index contributed by atoms with van der Waals surface area (Å²) < 4.78 is 0. The molecule has 0 aliphatic carbocycles. The van der Waals surface area contributed by atoms with Gasteiger partial charge in [-0.05, 0) is 75.9 Å². The van der Waals surface area contributed by atoms with Crippen molar-refractivity contribution in [1.29, 1.82) is 0 Å². The minimum absolute atomic E-state index is 0.250. The summed E-state index contributed by atoms with van der Waals surface area (Å²) in [6.45, 7) is 11.4. The highest BCUT2D eigenvalue weighted by molar-refractivity contribution is 6.30. The van der Waals surface area contributed by atoms with Gasteiger partial charge in [0.15, 0.2) is 0 Å². The lowest BCUT2D eigenvalue weighted by molar-refractivity contribution is -0.106. The zero-order valence-corrected chi connectivity index (χ0v) is 20.8. The van der Waals surface area contributed by atoms with E-state index in [9.17, 15) is 5.11 Å². The normalized spacial score (nSPS) is 12.3. The number of halogens is 1. The average molecular weight is 495 g/mol. The Bertz CT molecular complexity index is 1500. The Morgan fingerprint density at radius 1 is 1.03 bits per heavy atom. The Balaban J connectivity index is 0.000000967. The highest BCUT2D eigenvalue weighted by Gasteiger charge is 2.24. The van der Waals surface area contributed by atoms with Crippen molar-refractivity contribution in [1.82, 2.24) is 0 Å². The summed E-state index contributed by atoms with van der Waals surface area (Å²) in [7, 11) is 0. The monoisotopic (exact) mass is 494 g/mol. The molecule has 0 atom stereocenters. The van der Waals surface area contributed by atoms with Crippen LogP contribution >= 0.6 is 11.6 Å². The molecule has 5 heteroatoms. The standard InChI is InChI=1S/C30H24ClNO.CH3NO/c1-19-14-29-27(16-30(19)33)21(3)28(18-32(29)17-22-8-12-26(31)13-9-22)20(2)24-11-10-23-6-4-5-7-25(23)15-24;2-1-3/h4-16,18,33H,2-3,17H2,1H3;1H,(H2,2,3). The molecule has 1 aliphatic heterocycles. The van der Waals surface area contributed by atoms with Crippen LogP contribution in [0.4, 0.5) is 5.69 Å². The van der Waals surface area contributed by atoms with E-state index in [-0.39, 0.29) is 12.2 Å². The number of carbonyl (C=O) groups is 1. The number of hydrogen-bond acceptors (Lipinski definition) is 3. The van der Waals surface area contributed by atoms with Gasteiger partial charge in [0, 0.05) is 34.6 Å².